The van der Waals surface area contributed by atoms with E-state index in [1.807, 2.05) is 0 Å². The number of carbonyl (C=O) groups excluding carboxylic acids is 2. The molecule has 150 valence electrons. The summed E-state index contributed by atoms with van der Waals surface area (Å²) in [5, 5.41) is 7.02. The van der Waals surface area contributed by atoms with Crippen LogP contribution in [0.4, 0.5) is 24.5 Å². The molecule has 0 saturated carbocycles. The summed E-state index contributed by atoms with van der Waals surface area (Å²) in [6.45, 7) is 1.34. The van der Waals surface area contributed by atoms with Gasteiger partial charge in [0.15, 0.2) is 0 Å². The number of rotatable bonds is 4. The lowest BCUT2D eigenvalue weighted by molar-refractivity contribution is -0.138. The smallest absolute Gasteiger partial charge is 0.322 e. The van der Waals surface area contributed by atoms with Gasteiger partial charge in [0.2, 0.25) is 0 Å². The zero-order chi connectivity index (χ0) is 21.2. The number of aryl methyl sites for hydroxylation is 1. The van der Waals surface area contributed by atoms with Crippen molar-refractivity contribution in [1.29, 1.82) is 0 Å². The van der Waals surface area contributed by atoms with Crippen molar-refractivity contribution in [2.75, 3.05) is 10.6 Å². The summed E-state index contributed by atoms with van der Waals surface area (Å²) in [5.41, 5.74) is -0.412. The number of hydrogen-bond donors (Lipinski definition) is 2. The highest BCUT2D eigenvalue weighted by atomic mass is 35.5. The lowest BCUT2D eigenvalue weighted by atomic mass is 10.1. The predicted octanol–water partition coefficient (Wildman–Crippen LogP) is 6.23. The molecule has 3 rings (SSSR count). The van der Waals surface area contributed by atoms with Gasteiger partial charge in [0, 0.05) is 11.3 Å². The number of hydrogen-bond acceptors (Lipinski definition) is 3. The van der Waals surface area contributed by atoms with Crippen LogP contribution < -0.4 is 10.6 Å². The fraction of sp³-hybridized carbons (Fsp3) is 0.100. The number of benzene rings is 2. The normalized spacial score (nSPS) is 11.2. The minimum absolute atomic E-state index is 0.00652. The number of alkyl halides is 3. The SMILES string of the molecule is Cc1ccc(NC(=O)c2ccc(Cl)c(NC(=O)c3cccs3)c2)cc1C(F)(F)F. The van der Waals surface area contributed by atoms with Gasteiger partial charge in [-0.2, -0.15) is 13.2 Å². The predicted molar refractivity (Wildman–Crippen MR) is 108 cm³/mol. The summed E-state index contributed by atoms with van der Waals surface area (Å²) in [4.78, 5) is 25.2. The molecule has 1 heterocycles. The second-order valence-electron chi connectivity index (χ2n) is 6.11. The van der Waals surface area contributed by atoms with E-state index in [1.54, 1.807) is 17.5 Å². The lowest BCUT2D eigenvalue weighted by Gasteiger charge is -2.13. The molecule has 3 aromatic rings. The third-order valence-electron chi connectivity index (χ3n) is 4.02. The Kier molecular flexibility index (Phi) is 5.95. The van der Waals surface area contributed by atoms with Crippen LogP contribution in [-0.4, -0.2) is 11.8 Å². The van der Waals surface area contributed by atoms with Gasteiger partial charge < -0.3 is 10.6 Å². The van der Waals surface area contributed by atoms with Gasteiger partial charge in [-0.15, -0.1) is 11.3 Å². The molecule has 9 heteroatoms. The van der Waals surface area contributed by atoms with Gasteiger partial charge in [0.25, 0.3) is 11.8 Å². The molecular weight excluding hydrogens is 425 g/mol. The van der Waals surface area contributed by atoms with E-state index in [0.29, 0.717) is 4.88 Å². The monoisotopic (exact) mass is 438 g/mol. The topological polar surface area (TPSA) is 58.2 Å². The van der Waals surface area contributed by atoms with Crippen molar-refractivity contribution < 1.29 is 22.8 Å². The van der Waals surface area contributed by atoms with Gasteiger partial charge in [-0.3, -0.25) is 9.59 Å². The first-order valence-electron chi connectivity index (χ1n) is 8.29. The molecule has 0 unspecified atom stereocenters. The number of thiophene rings is 1. The fourth-order valence-corrected chi connectivity index (χ4v) is 3.35. The molecule has 0 bridgehead atoms. The van der Waals surface area contributed by atoms with Crippen molar-refractivity contribution >= 4 is 46.1 Å². The van der Waals surface area contributed by atoms with E-state index < -0.39 is 17.6 Å². The lowest BCUT2D eigenvalue weighted by Crippen LogP contribution is -2.15. The van der Waals surface area contributed by atoms with Crippen LogP contribution in [0.15, 0.2) is 53.9 Å². The van der Waals surface area contributed by atoms with Gasteiger partial charge in [0.05, 0.1) is 21.2 Å². The van der Waals surface area contributed by atoms with E-state index >= 15 is 0 Å². The molecule has 0 aliphatic carbocycles. The van der Waals surface area contributed by atoms with E-state index in [9.17, 15) is 22.8 Å². The standard InChI is InChI=1S/C20H14ClF3N2O2S/c1-11-4-6-13(10-14(11)20(22,23)24)25-18(27)12-5-7-15(21)16(9-12)26-19(28)17-3-2-8-29-17/h2-10H,1H3,(H,25,27)(H,26,28). The molecule has 0 radical (unpaired) electrons. The van der Waals surface area contributed by atoms with Crippen LogP contribution in [-0.2, 0) is 6.18 Å². The summed E-state index contributed by atoms with van der Waals surface area (Å²) in [6.07, 6.45) is -4.52. The Morgan fingerprint density at radius 1 is 1.00 bits per heavy atom. The van der Waals surface area contributed by atoms with Crippen LogP contribution in [0.3, 0.4) is 0 Å². The first-order chi connectivity index (χ1) is 13.6. The molecule has 2 amide bonds. The van der Waals surface area contributed by atoms with E-state index in [4.69, 9.17) is 11.6 Å². The zero-order valence-corrected chi connectivity index (χ0v) is 16.5. The second-order valence-corrected chi connectivity index (χ2v) is 7.46. The van der Waals surface area contributed by atoms with Crippen molar-refractivity contribution in [3.63, 3.8) is 0 Å². The maximum absolute atomic E-state index is 13.1. The van der Waals surface area contributed by atoms with Crippen LogP contribution in [0.2, 0.25) is 5.02 Å². The van der Waals surface area contributed by atoms with Gasteiger partial charge in [-0.1, -0.05) is 23.7 Å². The molecule has 2 aromatic carbocycles. The molecule has 0 aliphatic rings. The van der Waals surface area contributed by atoms with E-state index in [-0.39, 0.29) is 33.4 Å². The van der Waals surface area contributed by atoms with Crippen molar-refractivity contribution in [2.24, 2.45) is 0 Å². The highest BCUT2D eigenvalue weighted by molar-refractivity contribution is 7.12. The average Bonchev–Trinajstić information content (AvgIpc) is 3.19. The molecule has 0 saturated heterocycles. The van der Waals surface area contributed by atoms with E-state index in [0.717, 1.165) is 6.07 Å². The van der Waals surface area contributed by atoms with Crippen molar-refractivity contribution in [1.82, 2.24) is 0 Å². The maximum Gasteiger partial charge on any atom is 0.416 e. The molecule has 2 N–H and O–H groups in total. The Hall–Kier alpha value is -2.84. The second kappa shape index (κ2) is 8.26. The molecule has 0 atom stereocenters. The van der Waals surface area contributed by atoms with Gasteiger partial charge >= 0.3 is 6.18 Å². The summed E-state index contributed by atoms with van der Waals surface area (Å²) in [7, 11) is 0. The van der Waals surface area contributed by atoms with E-state index in [2.05, 4.69) is 10.6 Å². The highest BCUT2D eigenvalue weighted by Crippen LogP contribution is 2.33. The minimum atomic E-state index is -4.52. The van der Waals surface area contributed by atoms with Gasteiger partial charge in [0.1, 0.15) is 0 Å². The average molecular weight is 439 g/mol. The third kappa shape index (κ3) is 4.96. The van der Waals surface area contributed by atoms with Crippen LogP contribution in [0.5, 0.6) is 0 Å². The van der Waals surface area contributed by atoms with Crippen LogP contribution >= 0.6 is 22.9 Å². The molecule has 0 aliphatic heterocycles. The zero-order valence-electron chi connectivity index (χ0n) is 14.9. The van der Waals surface area contributed by atoms with Crippen molar-refractivity contribution in [2.45, 2.75) is 13.1 Å². The first-order valence-corrected chi connectivity index (χ1v) is 9.54. The van der Waals surface area contributed by atoms with Crippen LogP contribution in [0.1, 0.15) is 31.2 Å². The molecule has 29 heavy (non-hydrogen) atoms. The third-order valence-corrected chi connectivity index (χ3v) is 5.22. The number of amides is 2. The highest BCUT2D eigenvalue weighted by Gasteiger charge is 2.32. The summed E-state index contributed by atoms with van der Waals surface area (Å²) in [5.74, 6) is -1.02. The van der Waals surface area contributed by atoms with Crippen LogP contribution in [0, 0.1) is 6.92 Å². The number of anilines is 2. The molecule has 0 spiro atoms. The Balaban J connectivity index is 1.81. The quantitative estimate of drug-likeness (QED) is 0.507. The molecule has 4 nitrogen and oxygen atoms in total. The molecular formula is C20H14ClF3N2O2S. The van der Waals surface area contributed by atoms with E-state index in [1.165, 1.54) is 48.6 Å². The summed E-state index contributed by atoms with van der Waals surface area (Å²) in [6, 6.07) is 11.1. The Labute approximate surface area is 173 Å². The summed E-state index contributed by atoms with van der Waals surface area (Å²) >= 11 is 7.33. The van der Waals surface area contributed by atoms with Crippen molar-refractivity contribution in [3.8, 4) is 0 Å². The Morgan fingerprint density at radius 2 is 1.76 bits per heavy atom. The summed E-state index contributed by atoms with van der Waals surface area (Å²) < 4.78 is 39.2. The largest absolute Gasteiger partial charge is 0.416 e. The van der Waals surface area contributed by atoms with Gasteiger partial charge in [-0.05, 0) is 54.3 Å². The number of carbonyl (C=O) groups is 2. The molecule has 1 aromatic heterocycles. The first kappa shape index (κ1) is 20.9. The van der Waals surface area contributed by atoms with Crippen LogP contribution in [0.25, 0.3) is 0 Å². The molecule has 0 fully saturated rings. The van der Waals surface area contributed by atoms with Gasteiger partial charge in [-0.25, -0.2) is 0 Å². The number of halogens is 4. The van der Waals surface area contributed by atoms with Crippen molar-refractivity contribution in [3.05, 3.63) is 80.5 Å². The minimum Gasteiger partial charge on any atom is -0.322 e. The Morgan fingerprint density at radius 3 is 2.41 bits per heavy atom. The Bertz CT molecular complexity index is 1070. The fourth-order valence-electron chi connectivity index (χ4n) is 2.56. The maximum atomic E-state index is 13.1. The number of nitrogens with one attached hydrogen (secondary N) is 2.